The number of pyridine rings is 6. The fraction of sp³-hybridized carbons (Fsp3) is 0.438. The van der Waals surface area contributed by atoms with Crippen LogP contribution < -0.4 is 29.7 Å². The molecule has 4 saturated heterocycles. The van der Waals surface area contributed by atoms with E-state index in [0.717, 1.165) is 153 Å². The molecule has 6 aromatic heterocycles. The van der Waals surface area contributed by atoms with Crippen LogP contribution in [0.15, 0.2) is 143 Å². The van der Waals surface area contributed by atoms with Crippen LogP contribution in [0.3, 0.4) is 0 Å². The third-order valence-electron chi connectivity index (χ3n) is 24.4. The van der Waals surface area contributed by atoms with Gasteiger partial charge in [-0.1, -0.05) is 73.7 Å². The predicted molar refractivity (Wildman–Crippen MR) is 462 cm³/mol. The second-order valence-electron chi connectivity index (χ2n) is 31.2. The average molecular weight is 1760 g/mol. The summed E-state index contributed by atoms with van der Waals surface area (Å²) in [6.07, 6.45) is 9.00. The van der Waals surface area contributed by atoms with Gasteiger partial charge in [0.2, 0.25) is 35.5 Å². The smallest absolute Gasteiger partial charge is 0.251 e. The van der Waals surface area contributed by atoms with E-state index in [2.05, 4.69) is 84.1 Å². The molecule has 0 aliphatic carbocycles. The Balaban J connectivity index is 0.000000155. The van der Waals surface area contributed by atoms with Crippen molar-refractivity contribution in [3.05, 3.63) is 171 Å². The molecule has 0 radical (unpaired) electrons. The maximum atomic E-state index is 13.6. The third-order valence-corrected chi connectivity index (χ3v) is 25.4. The first-order valence-corrected chi connectivity index (χ1v) is 40.1. The molecule has 18 rings (SSSR count). The van der Waals surface area contributed by atoms with Crippen molar-refractivity contribution in [3.63, 3.8) is 0 Å². The number of hydrogen-bond acceptors (Lipinski definition) is 16. The van der Waals surface area contributed by atoms with E-state index < -0.39 is 41.5 Å². The lowest BCUT2D eigenvalue weighted by Gasteiger charge is -2.38. The van der Waals surface area contributed by atoms with Gasteiger partial charge in [0, 0.05) is 117 Å². The van der Waals surface area contributed by atoms with Gasteiger partial charge in [0.25, 0.3) is 19.3 Å². The number of amides is 4. The summed E-state index contributed by atoms with van der Waals surface area (Å²) in [6, 6.07) is 30.6. The number of halogens is 9. The number of aromatic nitrogens is 6. The molecule has 118 heavy (non-hydrogen) atoms. The quantitative estimate of drug-likeness (QED) is 0.0650. The van der Waals surface area contributed by atoms with Crippen LogP contribution in [0.2, 0.25) is 0 Å². The minimum atomic E-state index is -2.39. The summed E-state index contributed by atoms with van der Waals surface area (Å²) in [6.45, 7) is 5.39. The second kappa shape index (κ2) is 36.4. The molecule has 0 bridgehead atoms. The summed E-state index contributed by atoms with van der Waals surface area (Å²) in [7, 11) is 11.2. The molecule has 4 amide bonds. The van der Waals surface area contributed by atoms with Gasteiger partial charge in [-0.2, -0.15) is 4.39 Å². The number of nitrogens with zero attached hydrogens (tertiary/aromatic N) is 14. The van der Waals surface area contributed by atoms with Crippen LogP contribution in [0.4, 0.5) is 53.5 Å². The van der Waals surface area contributed by atoms with Crippen LogP contribution in [0.25, 0.3) is 65.9 Å². The number of piperidine rings is 4. The van der Waals surface area contributed by atoms with Crippen LogP contribution in [-0.2, 0) is 40.8 Å². The van der Waals surface area contributed by atoms with E-state index in [1.165, 1.54) is 17.8 Å². The Morgan fingerprint density at radius 1 is 0.415 bits per heavy atom. The number of likely N-dealkylation sites (tertiary alicyclic amines) is 3. The molecule has 10 aromatic rings. The number of carbonyl (C=O) groups excluding carboxylic acids is 4. The van der Waals surface area contributed by atoms with Gasteiger partial charge in [-0.05, 0) is 214 Å². The van der Waals surface area contributed by atoms with E-state index >= 15 is 0 Å². The zero-order valence-corrected chi connectivity index (χ0v) is 67.4. The van der Waals surface area contributed by atoms with Crippen LogP contribution in [0, 0.1) is 5.95 Å². The number of carbonyl (C=O) groups is 4. The van der Waals surface area contributed by atoms with Crippen LogP contribution in [0.1, 0.15) is 110 Å². The predicted octanol–water partition coefficient (Wildman–Crippen LogP) is 16.9. The molecule has 1 N–H and O–H groups in total. The molecule has 0 atom stereocenters. The largest absolute Gasteiger partial charge is 0.478 e. The van der Waals surface area contributed by atoms with Crippen molar-refractivity contribution >= 4 is 122 Å². The Kier molecular flexibility index (Phi) is 27.6. The fourth-order valence-corrected chi connectivity index (χ4v) is 19.3. The van der Waals surface area contributed by atoms with Gasteiger partial charge < -0.3 is 34.6 Å². The van der Waals surface area contributed by atoms with Gasteiger partial charge >= 0.3 is 0 Å². The Morgan fingerprint density at radius 2 is 0.729 bits per heavy atom. The molecule has 4 aromatic carbocycles. The fourth-order valence-electron chi connectivity index (χ4n) is 18.6. The van der Waals surface area contributed by atoms with Crippen molar-refractivity contribution in [1.29, 1.82) is 0 Å². The van der Waals surface area contributed by atoms with E-state index in [9.17, 15) is 49.9 Å². The molecule has 29 heteroatoms. The SMILES string of the molecule is C.C.C.C.CN(C)CCCOc1ccc(-c2ccc3ncc4c(c3c2)C2(CCN(CC(F)F)CC2)C(=O)N4C)cn1.CN1C(=O)C2(CCN(CC(F)F)CC2)c2c1cnc1ccc(-c3ccc(F)nc3)cc21.CN1C(=O)C2(CCN(CC(F)F)CC2)c2c1cnc1ccc(Br)cc21.CN1C(=O)C2(CCNCC2)c2c1cnc1ccc(Br)cc21. The number of benzene rings is 4. The molecule has 20 nitrogen and oxygen atoms in total. The molecule has 0 unspecified atom stereocenters. The van der Waals surface area contributed by atoms with Gasteiger partial charge in [0.1, 0.15) is 0 Å². The van der Waals surface area contributed by atoms with Crippen LogP contribution in [-0.4, -0.2) is 220 Å². The van der Waals surface area contributed by atoms with Gasteiger partial charge in [-0.15, -0.1) is 0 Å². The minimum absolute atomic E-state index is 0. The highest BCUT2D eigenvalue weighted by Gasteiger charge is 2.56. The summed E-state index contributed by atoms with van der Waals surface area (Å²) in [5, 5.41) is 7.22. The molecule has 14 heterocycles. The topological polar surface area (TPSA) is 193 Å². The molecular weight excluding hydrogens is 1650 g/mol. The summed E-state index contributed by atoms with van der Waals surface area (Å²) < 4.78 is 98.0. The molecule has 4 spiro atoms. The lowest BCUT2D eigenvalue weighted by Crippen LogP contribution is -2.49. The lowest BCUT2D eigenvalue weighted by atomic mass is 9.72. The molecule has 8 aliphatic heterocycles. The number of rotatable bonds is 13. The molecule has 8 aliphatic rings. The van der Waals surface area contributed by atoms with E-state index in [1.54, 1.807) is 86.3 Å². The highest BCUT2D eigenvalue weighted by Crippen LogP contribution is 2.55. The van der Waals surface area contributed by atoms with Crippen molar-refractivity contribution in [2.45, 2.75) is 128 Å². The highest BCUT2D eigenvalue weighted by molar-refractivity contribution is 9.10. The third kappa shape index (κ3) is 16.7. The number of anilines is 4. The average Bonchev–Trinajstić information content (AvgIpc) is 1.57. The van der Waals surface area contributed by atoms with Crippen molar-refractivity contribution in [1.82, 2.24) is 54.8 Å². The van der Waals surface area contributed by atoms with Crippen LogP contribution in [0.5, 0.6) is 5.88 Å². The van der Waals surface area contributed by atoms with Gasteiger partial charge in [-0.3, -0.25) is 53.8 Å². The maximum absolute atomic E-state index is 13.6. The van der Waals surface area contributed by atoms with Crippen molar-refractivity contribution in [3.8, 4) is 28.1 Å². The molecular formula is C89H104Br2F7N15O5. The monoisotopic (exact) mass is 1750 g/mol. The zero-order valence-electron chi connectivity index (χ0n) is 64.2. The number of alkyl halides is 6. The van der Waals surface area contributed by atoms with Crippen molar-refractivity contribution < 1.29 is 54.6 Å². The van der Waals surface area contributed by atoms with Crippen molar-refractivity contribution in [2.24, 2.45) is 0 Å². The van der Waals surface area contributed by atoms with E-state index in [4.69, 9.17) is 4.74 Å². The number of hydrogen-bond donors (Lipinski definition) is 1. The van der Waals surface area contributed by atoms with Crippen molar-refractivity contribution in [2.75, 3.05) is 147 Å². The Labute approximate surface area is 702 Å². The normalized spacial score (nSPS) is 18.1. The Hall–Kier alpha value is -9.23. The Morgan fingerprint density at radius 3 is 1.04 bits per heavy atom. The summed E-state index contributed by atoms with van der Waals surface area (Å²) in [4.78, 5) is 93.5. The molecule has 4 fully saturated rings. The maximum Gasteiger partial charge on any atom is 0.251 e. The number of fused-ring (bicyclic) bond motifs is 16. The van der Waals surface area contributed by atoms with E-state index in [-0.39, 0.29) is 78.4 Å². The molecule has 628 valence electrons. The summed E-state index contributed by atoms with van der Waals surface area (Å²) in [5.41, 5.74) is 11.8. The Bertz CT molecular complexity index is 5330. The van der Waals surface area contributed by atoms with Gasteiger partial charge in [0.15, 0.2) is 0 Å². The standard InChI is InChI=1S/C28H33F2N5O2.C23H21F3N4O.C18H18BrF2N3O.C16H16BrN3O.4CH4/c1-33(2)11-4-14-37-25-8-6-20(16-32-25)19-5-7-22-21(15-19)26-23(17-31-22)34(3)27(36)28(26)9-12-35(13-10-28)18-24(29)30;1-29-18-12-27-17-4-2-14(15-3-5-20(26)28-11-15)10-16(17)21(18)23(22(29)31)6-8-30(9-7-23)13-19(24)25;1-23-14-9-22-13-3-2-11(19)8-12(13)16(14)18(17(23)25)4-6-24(7-5-18)10-15(20)21;1-20-13-9-19-12-3-2-10(17)8-11(12)14(13)16(15(20)21)4-6-18-7-5-16;;;;/h5-8,15-17,24H,4,9-14,18H2,1-3H3;2-5,10-12,19H,6-9,13H2,1H3;2-3,8-9,15H,4-7,10H2,1H3;2-3,8-9,18H,4-7H2,1H3;4*1H4. The van der Waals surface area contributed by atoms with Crippen LogP contribution >= 0.6 is 31.9 Å². The number of nitrogens with one attached hydrogen (secondary N) is 1. The van der Waals surface area contributed by atoms with Gasteiger partial charge in [0.05, 0.1) is 118 Å². The first-order chi connectivity index (χ1) is 54.7. The second-order valence-corrected chi connectivity index (χ2v) is 33.1. The summed E-state index contributed by atoms with van der Waals surface area (Å²) >= 11 is 7.05. The minimum Gasteiger partial charge on any atom is -0.478 e. The highest BCUT2D eigenvalue weighted by atomic mass is 79.9. The summed E-state index contributed by atoms with van der Waals surface area (Å²) in [5.74, 6) is 0.321. The first kappa shape index (κ1) is 89.6. The first-order valence-electron chi connectivity index (χ1n) is 38.5. The number of ether oxygens (including phenoxy) is 1. The lowest BCUT2D eigenvalue weighted by molar-refractivity contribution is -0.125. The van der Waals surface area contributed by atoms with E-state index in [0.29, 0.717) is 90.3 Å². The van der Waals surface area contributed by atoms with E-state index in [1.807, 2.05) is 100 Å². The van der Waals surface area contributed by atoms with Gasteiger partial charge in [-0.25, -0.2) is 36.3 Å². The number of likely N-dealkylation sites (N-methyl/N-ethyl adjacent to an activating group) is 4. The molecule has 0 saturated carbocycles. The zero-order chi connectivity index (χ0) is 80.3.